The van der Waals surface area contributed by atoms with E-state index >= 15 is 0 Å². The highest BCUT2D eigenvalue weighted by atomic mass is 16.5. The number of methoxy groups -OCH3 is 2. The second-order valence-corrected chi connectivity index (χ2v) is 3.51. The summed E-state index contributed by atoms with van der Waals surface area (Å²) >= 11 is 0. The van der Waals surface area contributed by atoms with E-state index < -0.39 is 0 Å². The topological polar surface area (TPSA) is 38.8 Å². The van der Waals surface area contributed by atoms with Crippen molar-refractivity contribution in [3.05, 3.63) is 23.8 Å². The second kappa shape index (κ2) is 6.13. The number of ether oxygens (including phenoxy) is 2. The van der Waals surface area contributed by atoms with E-state index in [1.807, 2.05) is 13.8 Å². The van der Waals surface area contributed by atoms with E-state index in [0.717, 1.165) is 0 Å². The third-order valence-corrected chi connectivity index (χ3v) is 2.69. The van der Waals surface area contributed by atoms with Crippen LogP contribution >= 0.6 is 0 Å². The van der Waals surface area contributed by atoms with Crippen molar-refractivity contribution >= 4 is 5.91 Å². The van der Waals surface area contributed by atoms with Gasteiger partial charge in [-0.1, -0.05) is 6.07 Å². The van der Waals surface area contributed by atoms with Crippen LogP contribution in [0.25, 0.3) is 0 Å². The Kier molecular flexibility index (Phi) is 4.82. The lowest BCUT2D eigenvalue weighted by Crippen LogP contribution is -2.31. The highest BCUT2D eigenvalue weighted by molar-refractivity contribution is 5.99. The molecule has 0 aliphatic rings. The lowest BCUT2D eigenvalue weighted by molar-refractivity contribution is 0.0766. The molecule has 0 unspecified atom stereocenters. The van der Waals surface area contributed by atoms with Crippen molar-refractivity contribution in [2.75, 3.05) is 27.3 Å². The fourth-order valence-electron chi connectivity index (χ4n) is 1.73. The Balaban J connectivity index is 3.22. The van der Waals surface area contributed by atoms with Crippen LogP contribution in [0.15, 0.2) is 18.2 Å². The third-order valence-electron chi connectivity index (χ3n) is 2.69. The Bertz CT molecular complexity index is 364. The lowest BCUT2D eigenvalue weighted by atomic mass is 10.1. The molecule has 0 spiro atoms. The predicted octanol–water partition coefficient (Wildman–Crippen LogP) is 2.19. The summed E-state index contributed by atoms with van der Waals surface area (Å²) in [6, 6.07) is 5.33. The number of hydrogen-bond donors (Lipinski definition) is 0. The average molecular weight is 237 g/mol. The maximum atomic E-state index is 12.3. The van der Waals surface area contributed by atoms with Gasteiger partial charge in [-0.3, -0.25) is 4.79 Å². The predicted molar refractivity (Wildman–Crippen MR) is 66.8 cm³/mol. The Morgan fingerprint density at radius 2 is 1.59 bits per heavy atom. The SMILES string of the molecule is CCN(CC)C(=O)c1c(OC)cccc1OC. The molecule has 17 heavy (non-hydrogen) atoms. The molecule has 1 rings (SSSR count). The summed E-state index contributed by atoms with van der Waals surface area (Å²) in [7, 11) is 3.10. The molecule has 0 fully saturated rings. The van der Waals surface area contributed by atoms with E-state index in [2.05, 4.69) is 0 Å². The van der Waals surface area contributed by atoms with Gasteiger partial charge in [-0.2, -0.15) is 0 Å². The zero-order chi connectivity index (χ0) is 12.8. The molecule has 1 amide bonds. The van der Waals surface area contributed by atoms with Gasteiger partial charge in [0.15, 0.2) is 0 Å². The van der Waals surface area contributed by atoms with Crippen LogP contribution < -0.4 is 9.47 Å². The molecule has 4 heteroatoms. The van der Waals surface area contributed by atoms with Crippen molar-refractivity contribution in [3.8, 4) is 11.5 Å². The van der Waals surface area contributed by atoms with Gasteiger partial charge in [0.05, 0.1) is 14.2 Å². The van der Waals surface area contributed by atoms with Gasteiger partial charge in [-0.05, 0) is 26.0 Å². The zero-order valence-electron chi connectivity index (χ0n) is 10.8. The van der Waals surface area contributed by atoms with Gasteiger partial charge in [-0.25, -0.2) is 0 Å². The van der Waals surface area contributed by atoms with Crippen molar-refractivity contribution < 1.29 is 14.3 Å². The first-order chi connectivity index (χ1) is 8.19. The molecule has 1 aromatic carbocycles. The van der Waals surface area contributed by atoms with E-state index in [9.17, 15) is 4.79 Å². The Morgan fingerprint density at radius 1 is 1.12 bits per heavy atom. The van der Waals surface area contributed by atoms with Crippen LogP contribution in [0.1, 0.15) is 24.2 Å². The molecule has 4 nitrogen and oxygen atoms in total. The molecule has 0 N–H and O–H groups in total. The summed E-state index contributed by atoms with van der Waals surface area (Å²) < 4.78 is 10.4. The normalized spacial score (nSPS) is 9.88. The van der Waals surface area contributed by atoms with E-state index in [-0.39, 0.29) is 5.91 Å². The van der Waals surface area contributed by atoms with Gasteiger partial charge >= 0.3 is 0 Å². The van der Waals surface area contributed by atoms with Crippen LogP contribution in [0, 0.1) is 0 Å². The minimum absolute atomic E-state index is 0.0655. The third kappa shape index (κ3) is 2.70. The minimum atomic E-state index is -0.0655. The lowest BCUT2D eigenvalue weighted by Gasteiger charge is -2.21. The fraction of sp³-hybridized carbons (Fsp3) is 0.462. The number of benzene rings is 1. The number of rotatable bonds is 5. The van der Waals surface area contributed by atoms with Crippen molar-refractivity contribution in [1.29, 1.82) is 0 Å². The molecule has 0 bridgehead atoms. The Hall–Kier alpha value is -1.71. The smallest absolute Gasteiger partial charge is 0.261 e. The van der Waals surface area contributed by atoms with E-state index in [1.54, 1.807) is 37.3 Å². The number of carbonyl (C=O) groups excluding carboxylic acids is 1. The monoisotopic (exact) mass is 237 g/mol. The molecule has 94 valence electrons. The number of nitrogens with zero attached hydrogens (tertiary/aromatic N) is 1. The Morgan fingerprint density at radius 3 is 1.94 bits per heavy atom. The highest BCUT2D eigenvalue weighted by Crippen LogP contribution is 2.29. The van der Waals surface area contributed by atoms with Crippen molar-refractivity contribution in [2.45, 2.75) is 13.8 Å². The van der Waals surface area contributed by atoms with Gasteiger partial charge in [-0.15, -0.1) is 0 Å². The van der Waals surface area contributed by atoms with E-state index in [0.29, 0.717) is 30.2 Å². The molecule has 0 aliphatic heterocycles. The quantitative estimate of drug-likeness (QED) is 0.788. The summed E-state index contributed by atoms with van der Waals surface area (Å²) in [5.41, 5.74) is 0.487. The van der Waals surface area contributed by atoms with Crippen molar-refractivity contribution in [2.24, 2.45) is 0 Å². The largest absolute Gasteiger partial charge is 0.496 e. The molecule has 0 radical (unpaired) electrons. The van der Waals surface area contributed by atoms with Crippen LogP contribution in [0.4, 0.5) is 0 Å². The molecule has 1 aromatic rings. The number of hydrogen-bond acceptors (Lipinski definition) is 3. The summed E-state index contributed by atoms with van der Waals surface area (Å²) in [5, 5.41) is 0. The van der Waals surface area contributed by atoms with Gasteiger partial charge in [0, 0.05) is 13.1 Å². The summed E-state index contributed by atoms with van der Waals surface area (Å²) in [6.45, 7) is 5.22. The van der Waals surface area contributed by atoms with Crippen LogP contribution in [-0.2, 0) is 0 Å². The molecular formula is C13H19NO3. The minimum Gasteiger partial charge on any atom is -0.496 e. The number of amides is 1. The molecule has 0 heterocycles. The molecule has 0 saturated carbocycles. The molecule has 0 aliphatic carbocycles. The molecular weight excluding hydrogens is 218 g/mol. The molecule has 0 atom stereocenters. The van der Waals surface area contributed by atoms with Crippen LogP contribution in [0.2, 0.25) is 0 Å². The average Bonchev–Trinajstić information content (AvgIpc) is 2.38. The van der Waals surface area contributed by atoms with Crippen LogP contribution in [0.3, 0.4) is 0 Å². The van der Waals surface area contributed by atoms with Gasteiger partial charge in [0.25, 0.3) is 5.91 Å². The van der Waals surface area contributed by atoms with Crippen LogP contribution in [0.5, 0.6) is 11.5 Å². The first-order valence-corrected chi connectivity index (χ1v) is 5.69. The summed E-state index contributed by atoms with van der Waals surface area (Å²) in [4.78, 5) is 14.1. The number of carbonyl (C=O) groups is 1. The van der Waals surface area contributed by atoms with Crippen molar-refractivity contribution in [1.82, 2.24) is 4.90 Å². The first kappa shape index (κ1) is 13.4. The highest BCUT2D eigenvalue weighted by Gasteiger charge is 2.21. The van der Waals surface area contributed by atoms with E-state index in [4.69, 9.17) is 9.47 Å². The van der Waals surface area contributed by atoms with Gasteiger partial charge in [0.1, 0.15) is 17.1 Å². The summed E-state index contributed by atoms with van der Waals surface area (Å²) in [5.74, 6) is 1.02. The fourth-order valence-corrected chi connectivity index (χ4v) is 1.73. The van der Waals surface area contributed by atoms with Crippen molar-refractivity contribution in [3.63, 3.8) is 0 Å². The Labute approximate surface area is 102 Å². The maximum Gasteiger partial charge on any atom is 0.261 e. The van der Waals surface area contributed by atoms with E-state index in [1.165, 1.54) is 0 Å². The zero-order valence-corrected chi connectivity index (χ0v) is 10.8. The molecule has 0 saturated heterocycles. The maximum absolute atomic E-state index is 12.3. The molecule has 0 aromatic heterocycles. The first-order valence-electron chi connectivity index (χ1n) is 5.69. The van der Waals surface area contributed by atoms with Gasteiger partial charge in [0.2, 0.25) is 0 Å². The summed E-state index contributed by atoms with van der Waals surface area (Å²) in [6.07, 6.45) is 0. The second-order valence-electron chi connectivity index (χ2n) is 3.51. The van der Waals surface area contributed by atoms with Gasteiger partial charge < -0.3 is 14.4 Å². The standard InChI is InChI=1S/C13H19NO3/c1-5-14(6-2)13(15)12-10(16-3)8-7-9-11(12)17-4/h7-9H,5-6H2,1-4H3. The van der Waals surface area contributed by atoms with Crippen LogP contribution in [-0.4, -0.2) is 38.1 Å².